The highest BCUT2D eigenvalue weighted by Gasteiger charge is 2.25. The van der Waals surface area contributed by atoms with Crippen LogP contribution in [0.1, 0.15) is 35.6 Å². The number of aromatic nitrogens is 1. The number of nitrogens with zero attached hydrogens (tertiary/aromatic N) is 2. The first-order valence-corrected chi connectivity index (χ1v) is 9.87. The summed E-state index contributed by atoms with van der Waals surface area (Å²) in [4.78, 5) is 26.0. The predicted molar refractivity (Wildman–Crippen MR) is 110 cm³/mol. The Morgan fingerprint density at radius 1 is 1.21 bits per heavy atom. The van der Waals surface area contributed by atoms with Gasteiger partial charge in [-0.05, 0) is 45.9 Å². The lowest BCUT2D eigenvalue weighted by Crippen LogP contribution is -2.41. The number of rotatable bonds is 8. The molecule has 0 radical (unpaired) electrons. The minimum atomic E-state index is -0.438. The number of fused-ring (bicyclic) bond motifs is 1. The van der Waals surface area contributed by atoms with Crippen LogP contribution in [0, 0.1) is 13.8 Å². The van der Waals surface area contributed by atoms with Gasteiger partial charge in [-0.3, -0.25) is 14.5 Å². The number of amides is 1. The van der Waals surface area contributed by atoms with Gasteiger partial charge in [-0.25, -0.2) is 0 Å². The van der Waals surface area contributed by atoms with Crippen LogP contribution in [0.5, 0.6) is 11.5 Å². The van der Waals surface area contributed by atoms with Crippen LogP contribution in [0.4, 0.5) is 0 Å². The van der Waals surface area contributed by atoms with Crippen LogP contribution < -0.4 is 15.2 Å². The number of hydrogen-bond donors (Lipinski definition) is 1. The van der Waals surface area contributed by atoms with Crippen LogP contribution in [0.2, 0.25) is 0 Å². The average molecular weight is 399 g/mol. The van der Waals surface area contributed by atoms with Gasteiger partial charge in [-0.1, -0.05) is 12.1 Å². The van der Waals surface area contributed by atoms with Gasteiger partial charge in [0.2, 0.25) is 5.91 Å². The summed E-state index contributed by atoms with van der Waals surface area (Å²) in [5.41, 5.74) is 7.85. The molecule has 7 heteroatoms. The van der Waals surface area contributed by atoms with E-state index in [-0.39, 0.29) is 31.0 Å². The number of Topliss-reactive ketones (excluding diaryl/α,β-unsaturated/α-hetero) is 1. The van der Waals surface area contributed by atoms with Crippen molar-refractivity contribution in [1.29, 1.82) is 0 Å². The van der Waals surface area contributed by atoms with Gasteiger partial charge in [-0.15, -0.1) is 0 Å². The maximum absolute atomic E-state index is 12.9. The van der Waals surface area contributed by atoms with Crippen molar-refractivity contribution in [3.05, 3.63) is 47.3 Å². The molecule has 3 rings (SSSR count). The van der Waals surface area contributed by atoms with Crippen LogP contribution in [0.25, 0.3) is 0 Å². The van der Waals surface area contributed by atoms with Crippen molar-refractivity contribution < 1.29 is 19.1 Å². The Balaban J connectivity index is 1.73. The van der Waals surface area contributed by atoms with Gasteiger partial charge < -0.3 is 19.8 Å². The van der Waals surface area contributed by atoms with E-state index in [2.05, 4.69) is 4.57 Å². The molecule has 0 fully saturated rings. The summed E-state index contributed by atoms with van der Waals surface area (Å²) in [6, 6.07) is 9.56. The molecule has 2 aromatic rings. The molecule has 1 aliphatic rings. The second kappa shape index (κ2) is 8.69. The van der Waals surface area contributed by atoms with Gasteiger partial charge in [-0.2, -0.15) is 0 Å². The molecule has 7 nitrogen and oxygen atoms in total. The van der Waals surface area contributed by atoms with E-state index in [1.807, 2.05) is 58.0 Å². The van der Waals surface area contributed by atoms with E-state index in [1.165, 1.54) is 0 Å². The van der Waals surface area contributed by atoms with E-state index in [0.29, 0.717) is 18.7 Å². The molecule has 0 saturated heterocycles. The van der Waals surface area contributed by atoms with Crippen molar-refractivity contribution in [3.63, 3.8) is 0 Å². The molecule has 0 aliphatic carbocycles. The van der Waals surface area contributed by atoms with Gasteiger partial charge >= 0.3 is 0 Å². The number of benzene rings is 1. The van der Waals surface area contributed by atoms with Gasteiger partial charge in [0, 0.05) is 23.0 Å². The Kier molecular flexibility index (Phi) is 6.27. The maximum atomic E-state index is 12.9. The third kappa shape index (κ3) is 4.79. The first-order valence-electron chi connectivity index (χ1n) is 9.87. The predicted octanol–water partition coefficient (Wildman–Crippen LogP) is 2.32. The Bertz CT molecular complexity index is 903. The third-order valence-electron chi connectivity index (χ3n) is 5.26. The van der Waals surface area contributed by atoms with Gasteiger partial charge in [0.05, 0.1) is 19.6 Å². The van der Waals surface area contributed by atoms with E-state index < -0.39 is 5.91 Å². The summed E-state index contributed by atoms with van der Waals surface area (Å²) >= 11 is 0. The van der Waals surface area contributed by atoms with Crippen molar-refractivity contribution >= 4 is 11.7 Å². The van der Waals surface area contributed by atoms with Crippen molar-refractivity contribution in [3.8, 4) is 11.5 Å². The fraction of sp³-hybridized carbons (Fsp3) is 0.455. The monoisotopic (exact) mass is 399 g/mol. The second-order valence-corrected chi connectivity index (χ2v) is 7.78. The normalized spacial score (nSPS) is 15.7. The number of hydrogen-bond acceptors (Lipinski definition) is 5. The highest BCUT2D eigenvalue weighted by molar-refractivity contribution is 5.99. The quantitative estimate of drug-likeness (QED) is 0.689. The van der Waals surface area contributed by atoms with E-state index in [1.54, 1.807) is 4.90 Å². The van der Waals surface area contributed by atoms with Crippen molar-refractivity contribution in [2.24, 2.45) is 5.73 Å². The molecule has 0 spiro atoms. The summed E-state index contributed by atoms with van der Waals surface area (Å²) in [7, 11) is 0. The lowest BCUT2D eigenvalue weighted by atomic mass is 10.1. The minimum absolute atomic E-state index is 0.0227. The SMILES string of the molecule is Cc1cc(C(=O)CN(CC(N)=O)C(C)C)c(C)n1CC1COc2ccccc2O1. The minimum Gasteiger partial charge on any atom is -0.486 e. The number of ketones is 1. The summed E-state index contributed by atoms with van der Waals surface area (Å²) in [5.74, 6) is 1.03. The van der Waals surface area contributed by atoms with E-state index in [9.17, 15) is 9.59 Å². The fourth-order valence-electron chi connectivity index (χ4n) is 3.61. The van der Waals surface area contributed by atoms with E-state index in [4.69, 9.17) is 15.2 Å². The first-order chi connectivity index (χ1) is 13.8. The van der Waals surface area contributed by atoms with Gasteiger partial charge in [0.15, 0.2) is 23.4 Å². The van der Waals surface area contributed by atoms with E-state index >= 15 is 0 Å². The Labute approximate surface area is 171 Å². The molecular weight excluding hydrogens is 370 g/mol. The average Bonchev–Trinajstić information content (AvgIpc) is 2.95. The molecule has 1 aromatic carbocycles. The molecule has 1 amide bonds. The zero-order valence-corrected chi connectivity index (χ0v) is 17.5. The Morgan fingerprint density at radius 3 is 2.55 bits per heavy atom. The van der Waals surface area contributed by atoms with Crippen molar-refractivity contribution in [2.75, 3.05) is 19.7 Å². The molecule has 2 N–H and O–H groups in total. The Hall–Kier alpha value is -2.80. The smallest absolute Gasteiger partial charge is 0.231 e. The van der Waals surface area contributed by atoms with Crippen molar-refractivity contribution in [2.45, 2.75) is 46.4 Å². The topological polar surface area (TPSA) is 86.8 Å². The number of para-hydroxylation sites is 2. The number of ether oxygens (including phenoxy) is 2. The lowest BCUT2D eigenvalue weighted by Gasteiger charge is -2.27. The molecule has 1 unspecified atom stereocenters. The van der Waals surface area contributed by atoms with E-state index in [0.717, 1.165) is 22.9 Å². The number of primary amides is 1. The molecule has 2 heterocycles. The molecule has 1 aromatic heterocycles. The maximum Gasteiger partial charge on any atom is 0.231 e. The standard InChI is InChI=1S/C22H29N3O4/c1-14(2)24(12-22(23)27)11-19(26)18-9-15(3)25(16(18)4)10-17-13-28-20-7-5-6-8-21(20)29-17/h5-9,14,17H,10-13H2,1-4H3,(H2,23,27). The van der Waals surface area contributed by atoms with Crippen LogP contribution in [0.3, 0.4) is 0 Å². The molecule has 1 atom stereocenters. The molecule has 0 saturated carbocycles. The first kappa shape index (κ1) is 20.9. The molecule has 156 valence electrons. The molecule has 0 bridgehead atoms. The third-order valence-corrected chi connectivity index (χ3v) is 5.26. The number of carbonyl (C=O) groups is 2. The van der Waals surface area contributed by atoms with Crippen LogP contribution in [0.15, 0.2) is 30.3 Å². The molecular formula is C22H29N3O4. The van der Waals surface area contributed by atoms with Crippen molar-refractivity contribution in [1.82, 2.24) is 9.47 Å². The number of aryl methyl sites for hydroxylation is 1. The summed E-state index contributed by atoms with van der Waals surface area (Å²) in [5, 5.41) is 0. The largest absolute Gasteiger partial charge is 0.486 e. The zero-order chi connectivity index (χ0) is 21.1. The molecule has 29 heavy (non-hydrogen) atoms. The van der Waals surface area contributed by atoms with Crippen LogP contribution >= 0.6 is 0 Å². The Morgan fingerprint density at radius 2 is 1.90 bits per heavy atom. The van der Waals surface area contributed by atoms with Crippen LogP contribution in [-0.2, 0) is 11.3 Å². The second-order valence-electron chi connectivity index (χ2n) is 7.78. The van der Waals surface area contributed by atoms with Crippen LogP contribution in [-0.4, -0.2) is 53.0 Å². The number of nitrogens with two attached hydrogens (primary N) is 1. The van der Waals surface area contributed by atoms with Gasteiger partial charge in [0.25, 0.3) is 0 Å². The fourth-order valence-corrected chi connectivity index (χ4v) is 3.61. The zero-order valence-electron chi connectivity index (χ0n) is 17.5. The highest BCUT2D eigenvalue weighted by Crippen LogP contribution is 2.31. The summed E-state index contributed by atoms with van der Waals surface area (Å²) in [6.45, 7) is 9.06. The highest BCUT2D eigenvalue weighted by atomic mass is 16.6. The van der Waals surface area contributed by atoms with Gasteiger partial charge in [0.1, 0.15) is 6.61 Å². The summed E-state index contributed by atoms with van der Waals surface area (Å²) < 4.78 is 14.0. The molecule has 1 aliphatic heterocycles. The lowest BCUT2D eigenvalue weighted by molar-refractivity contribution is -0.119. The summed E-state index contributed by atoms with van der Waals surface area (Å²) in [6.07, 6.45) is -0.139. The number of carbonyl (C=O) groups excluding carboxylic acids is 2.